The fourth-order valence-electron chi connectivity index (χ4n) is 2.14. The minimum Gasteiger partial charge on any atom is -0.366 e. The Hall–Kier alpha value is -1.65. The third kappa shape index (κ3) is 3.08. The fraction of sp³-hybridized carbons (Fsp3) is 0.200. The molecule has 0 heterocycles. The number of hydrogen-bond donors (Lipinski definition) is 1. The third-order valence-corrected chi connectivity index (χ3v) is 3.46. The molecule has 1 unspecified atom stereocenters. The molecule has 0 aromatic heterocycles. The van der Waals surface area contributed by atoms with Gasteiger partial charge in [0.2, 0.25) is 0 Å². The van der Waals surface area contributed by atoms with Crippen molar-refractivity contribution < 1.29 is 8.78 Å². The topological polar surface area (TPSA) is 29.3 Å². The highest BCUT2D eigenvalue weighted by molar-refractivity contribution is 6.30. The summed E-state index contributed by atoms with van der Waals surface area (Å²) < 4.78 is 27.2. The third-order valence-electron chi connectivity index (χ3n) is 3.22. The number of rotatable bonds is 4. The lowest BCUT2D eigenvalue weighted by Crippen LogP contribution is -2.31. The Morgan fingerprint density at radius 1 is 1.20 bits per heavy atom. The smallest absolute Gasteiger partial charge is 0.128 e. The van der Waals surface area contributed by atoms with E-state index in [1.54, 1.807) is 30.1 Å². The lowest BCUT2D eigenvalue weighted by molar-refractivity contribution is 0.571. The molecule has 5 heteroatoms. The van der Waals surface area contributed by atoms with Gasteiger partial charge in [-0.15, -0.1) is 0 Å². The van der Waals surface area contributed by atoms with Crippen LogP contribution in [0.15, 0.2) is 42.5 Å². The summed E-state index contributed by atoms with van der Waals surface area (Å²) >= 11 is 5.91. The van der Waals surface area contributed by atoms with Gasteiger partial charge < -0.3 is 10.6 Å². The van der Waals surface area contributed by atoms with Crippen molar-refractivity contribution in [3.05, 3.63) is 64.7 Å². The Morgan fingerprint density at radius 3 is 2.60 bits per heavy atom. The molecule has 0 saturated carbocycles. The molecular formula is C15H15ClF2N2. The van der Waals surface area contributed by atoms with Gasteiger partial charge in [0.1, 0.15) is 11.6 Å². The van der Waals surface area contributed by atoms with Crippen molar-refractivity contribution in [2.75, 3.05) is 18.5 Å². The van der Waals surface area contributed by atoms with Crippen LogP contribution >= 0.6 is 11.6 Å². The maximum Gasteiger partial charge on any atom is 0.128 e. The van der Waals surface area contributed by atoms with E-state index in [-0.39, 0.29) is 18.2 Å². The molecule has 0 fully saturated rings. The quantitative estimate of drug-likeness (QED) is 0.931. The second-order valence-electron chi connectivity index (χ2n) is 4.51. The zero-order chi connectivity index (χ0) is 14.7. The van der Waals surface area contributed by atoms with E-state index >= 15 is 0 Å². The average molecular weight is 297 g/mol. The molecule has 2 rings (SSSR count). The molecule has 0 amide bonds. The van der Waals surface area contributed by atoms with Crippen molar-refractivity contribution in [1.82, 2.24) is 0 Å². The van der Waals surface area contributed by atoms with Gasteiger partial charge in [0, 0.05) is 29.9 Å². The molecule has 0 spiro atoms. The highest BCUT2D eigenvalue weighted by Gasteiger charge is 2.20. The normalized spacial score (nSPS) is 12.2. The second kappa shape index (κ2) is 6.20. The summed E-state index contributed by atoms with van der Waals surface area (Å²) in [5.41, 5.74) is 6.77. The molecule has 0 saturated heterocycles. The minimum absolute atomic E-state index is 0.185. The lowest BCUT2D eigenvalue weighted by atomic mass is 10.0. The summed E-state index contributed by atoms with van der Waals surface area (Å²) in [6.45, 7) is 0.185. The molecule has 2 nitrogen and oxygen atoms in total. The Labute approximate surface area is 121 Å². The number of halogens is 3. The molecule has 0 aliphatic carbocycles. The van der Waals surface area contributed by atoms with Gasteiger partial charge in [-0.1, -0.05) is 17.7 Å². The van der Waals surface area contributed by atoms with Gasteiger partial charge in [0.25, 0.3) is 0 Å². The van der Waals surface area contributed by atoms with E-state index in [4.69, 9.17) is 17.3 Å². The zero-order valence-corrected chi connectivity index (χ0v) is 11.7. The summed E-state index contributed by atoms with van der Waals surface area (Å²) in [6.07, 6.45) is 0. The summed E-state index contributed by atoms with van der Waals surface area (Å²) in [4.78, 5) is 1.73. The highest BCUT2D eigenvalue weighted by atomic mass is 35.5. The van der Waals surface area contributed by atoms with Gasteiger partial charge in [-0.3, -0.25) is 0 Å². The standard InChI is InChI=1S/C15H15ClF2N2/c1-20(12-4-2-3-11(17)8-12)15(9-19)13-7-10(16)5-6-14(13)18/h2-8,15H,9,19H2,1H3. The maximum atomic E-state index is 13.9. The Bertz CT molecular complexity index is 604. The van der Waals surface area contributed by atoms with Crippen LogP contribution in [0.1, 0.15) is 11.6 Å². The first kappa shape index (κ1) is 14.8. The molecule has 0 bridgehead atoms. The highest BCUT2D eigenvalue weighted by Crippen LogP contribution is 2.28. The maximum absolute atomic E-state index is 13.9. The van der Waals surface area contributed by atoms with Crippen molar-refractivity contribution >= 4 is 17.3 Å². The molecular weight excluding hydrogens is 282 g/mol. The van der Waals surface area contributed by atoms with E-state index in [1.165, 1.54) is 24.3 Å². The number of hydrogen-bond acceptors (Lipinski definition) is 2. The summed E-state index contributed by atoms with van der Waals surface area (Å²) in [5.74, 6) is -0.732. The largest absolute Gasteiger partial charge is 0.366 e. The van der Waals surface area contributed by atoms with Gasteiger partial charge in [-0.2, -0.15) is 0 Å². The molecule has 106 valence electrons. The van der Waals surface area contributed by atoms with Gasteiger partial charge in [-0.25, -0.2) is 8.78 Å². The van der Waals surface area contributed by atoms with Crippen LogP contribution in [0, 0.1) is 11.6 Å². The van der Waals surface area contributed by atoms with Crippen molar-refractivity contribution in [1.29, 1.82) is 0 Å². The summed E-state index contributed by atoms with van der Waals surface area (Å²) in [5, 5.41) is 0.437. The average Bonchev–Trinajstić information content (AvgIpc) is 2.43. The summed E-state index contributed by atoms with van der Waals surface area (Å²) in [6, 6.07) is 9.99. The van der Waals surface area contributed by atoms with Crippen LogP contribution in [0.5, 0.6) is 0 Å². The van der Waals surface area contributed by atoms with E-state index in [1.807, 2.05) is 0 Å². The van der Waals surface area contributed by atoms with Crippen LogP contribution in [0.25, 0.3) is 0 Å². The monoisotopic (exact) mass is 296 g/mol. The minimum atomic E-state index is -0.421. The van der Waals surface area contributed by atoms with E-state index in [0.29, 0.717) is 16.3 Å². The Balaban J connectivity index is 2.39. The molecule has 0 aliphatic heterocycles. The molecule has 0 aliphatic rings. The van der Waals surface area contributed by atoms with Gasteiger partial charge >= 0.3 is 0 Å². The van der Waals surface area contributed by atoms with Crippen LogP contribution in [-0.2, 0) is 0 Å². The molecule has 1 atom stereocenters. The number of likely N-dealkylation sites (N-methyl/N-ethyl adjacent to an activating group) is 1. The van der Waals surface area contributed by atoms with E-state index in [9.17, 15) is 8.78 Å². The SMILES string of the molecule is CN(c1cccc(F)c1)C(CN)c1cc(Cl)ccc1F. The first-order valence-corrected chi connectivity index (χ1v) is 6.54. The molecule has 2 N–H and O–H groups in total. The van der Waals surface area contributed by atoms with E-state index in [2.05, 4.69) is 0 Å². The zero-order valence-electron chi connectivity index (χ0n) is 11.0. The Kier molecular flexibility index (Phi) is 4.57. The molecule has 2 aromatic rings. The predicted octanol–water partition coefficient (Wildman–Crippen LogP) is 3.75. The fourth-order valence-corrected chi connectivity index (χ4v) is 2.32. The number of nitrogens with zero attached hydrogens (tertiary/aromatic N) is 1. The lowest BCUT2D eigenvalue weighted by Gasteiger charge is -2.30. The molecule has 20 heavy (non-hydrogen) atoms. The number of benzene rings is 2. The van der Waals surface area contributed by atoms with Gasteiger partial charge in [0.05, 0.1) is 6.04 Å². The van der Waals surface area contributed by atoms with Crippen LogP contribution < -0.4 is 10.6 Å². The second-order valence-corrected chi connectivity index (χ2v) is 4.94. The van der Waals surface area contributed by atoms with Crippen molar-refractivity contribution in [2.24, 2.45) is 5.73 Å². The molecule has 2 aromatic carbocycles. The van der Waals surface area contributed by atoms with Crippen molar-refractivity contribution in [2.45, 2.75) is 6.04 Å². The van der Waals surface area contributed by atoms with Gasteiger partial charge in [-0.05, 0) is 36.4 Å². The van der Waals surface area contributed by atoms with Crippen LogP contribution in [0.4, 0.5) is 14.5 Å². The van der Waals surface area contributed by atoms with E-state index < -0.39 is 6.04 Å². The first-order chi connectivity index (χ1) is 9.52. The van der Waals surface area contributed by atoms with E-state index in [0.717, 1.165) is 0 Å². The predicted molar refractivity (Wildman–Crippen MR) is 78.0 cm³/mol. The number of nitrogens with two attached hydrogens (primary N) is 1. The Morgan fingerprint density at radius 2 is 1.95 bits per heavy atom. The van der Waals surface area contributed by atoms with Crippen LogP contribution in [0.2, 0.25) is 5.02 Å². The van der Waals surface area contributed by atoms with Gasteiger partial charge in [0.15, 0.2) is 0 Å². The summed E-state index contributed by atoms with van der Waals surface area (Å²) in [7, 11) is 1.74. The van der Waals surface area contributed by atoms with Crippen LogP contribution in [0.3, 0.4) is 0 Å². The number of anilines is 1. The molecule has 0 radical (unpaired) electrons. The van der Waals surface area contributed by atoms with Crippen LogP contribution in [-0.4, -0.2) is 13.6 Å². The first-order valence-electron chi connectivity index (χ1n) is 6.16. The van der Waals surface area contributed by atoms with Crippen molar-refractivity contribution in [3.63, 3.8) is 0 Å². The van der Waals surface area contributed by atoms with Crippen molar-refractivity contribution in [3.8, 4) is 0 Å².